The summed E-state index contributed by atoms with van der Waals surface area (Å²) in [5.74, 6) is 0.265. The number of sulfonamides is 1. The molecule has 2 aromatic carbocycles. The van der Waals surface area contributed by atoms with Gasteiger partial charge in [0.05, 0.1) is 16.6 Å². The third-order valence-corrected chi connectivity index (χ3v) is 10.1. The van der Waals surface area contributed by atoms with Crippen LogP contribution in [0.25, 0.3) is 11.3 Å². The van der Waals surface area contributed by atoms with E-state index in [-0.39, 0.29) is 40.7 Å². The fourth-order valence-electron chi connectivity index (χ4n) is 6.47. The Morgan fingerprint density at radius 2 is 1.74 bits per heavy atom. The van der Waals surface area contributed by atoms with Crippen molar-refractivity contribution in [3.8, 4) is 17.1 Å². The quantitative estimate of drug-likeness (QED) is 0.465. The third-order valence-electron chi connectivity index (χ3n) is 8.76. The van der Waals surface area contributed by atoms with Gasteiger partial charge in [-0.15, -0.1) is 0 Å². The number of aromatic nitrogens is 2. The van der Waals surface area contributed by atoms with Gasteiger partial charge in [-0.05, 0) is 61.9 Å². The molecule has 6 rings (SSSR count). The standard InChI is InChI=1S/C32H37N5O5S/c1-21-8-6-9-22(2)30(21)27-18-28-34-32(33-27)35-43(40,41)26-13-7-12-24(17-26)31(39)37-15-14-36(19-25(37)20-42-28)29(38)16-23-10-4-3-5-11-23/h6-9,12-13,17-18,23,25H,3-5,10-11,14-16,19-20H2,1-2H3,(H,33,34,35)/t25-/m1/s1. The number of hydrogen-bond donors (Lipinski definition) is 1. The zero-order chi connectivity index (χ0) is 30.1. The van der Waals surface area contributed by atoms with Gasteiger partial charge in [0.25, 0.3) is 15.9 Å². The van der Waals surface area contributed by atoms with Crippen molar-refractivity contribution < 1.29 is 22.7 Å². The number of rotatable bonds is 3. The Morgan fingerprint density at radius 3 is 2.51 bits per heavy atom. The number of nitrogens with one attached hydrogen (secondary N) is 1. The second-order valence-corrected chi connectivity index (χ2v) is 13.5. The van der Waals surface area contributed by atoms with Crippen molar-refractivity contribution in [3.63, 3.8) is 0 Å². The highest BCUT2D eigenvalue weighted by Crippen LogP contribution is 2.31. The maximum atomic E-state index is 13.8. The number of fused-ring (bicyclic) bond motifs is 5. The number of hydrogen-bond acceptors (Lipinski definition) is 7. The molecule has 3 aromatic rings. The molecule has 1 aliphatic carbocycles. The van der Waals surface area contributed by atoms with Gasteiger partial charge in [-0.3, -0.25) is 9.59 Å². The van der Waals surface area contributed by atoms with Crippen LogP contribution < -0.4 is 9.46 Å². The van der Waals surface area contributed by atoms with Crippen LogP contribution in [-0.4, -0.2) is 72.3 Å². The highest BCUT2D eigenvalue weighted by atomic mass is 32.2. The van der Waals surface area contributed by atoms with Crippen molar-refractivity contribution in [3.05, 3.63) is 65.2 Å². The van der Waals surface area contributed by atoms with E-state index in [4.69, 9.17) is 4.74 Å². The fraction of sp³-hybridized carbons (Fsp3) is 0.438. The Labute approximate surface area is 252 Å². The molecule has 11 heteroatoms. The Balaban J connectivity index is 1.37. The van der Waals surface area contributed by atoms with Crippen LogP contribution in [0.2, 0.25) is 0 Å². The number of nitrogens with zero attached hydrogens (tertiary/aromatic N) is 4. The molecule has 0 unspecified atom stereocenters. The lowest BCUT2D eigenvalue weighted by Crippen LogP contribution is -2.58. The minimum Gasteiger partial charge on any atom is -0.475 e. The maximum absolute atomic E-state index is 13.8. The first-order chi connectivity index (χ1) is 20.7. The Kier molecular flexibility index (Phi) is 8.09. The molecule has 1 saturated heterocycles. The molecule has 4 bridgehead atoms. The predicted octanol–water partition coefficient (Wildman–Crippen LogP) is 4.58. The molecule has 1 N–H and O–H groups in total. The molecule has 43 heavy (non-hydrogen) atoms. The van der Waals surface area contributed by atoms with Crippen molar-refractivity contribution >= 4 is 27.8 Å². The van der Waals surface area contributed by atoms with Crippen LogP contribution in [0.1, 0.15) is 60.0 Å². The summed E-state index contributed by atoms with van der Waals surface area (Å²) in [6, 6.07) is 13.1. The Hall–Kier alpha value is -3.99. The van der Waals surface area contributed by atoms with E-state index in [1.165, 1.54) is 31.4 Å². The number of anilines is 1. The van der Waals surface area contributed by atoms with E-state index >= 15 is 0 Å². The van der Waals surface area contributed by atoms with Crippen molar-refractivity contribution in [2.75, 3.05) is 31.0 Å². The minimum absolute atomic E-state index is 0.0704. The summed E-state index contributed by atoms with van der Waals surface area (Å²) >= 11 is 0. The second-order valence-electron chi connectivity index (χ2n) is 11.8. The Bertz CT molecular complexity index is 1630. The van der Waals surface area contributed by atoms with Gasteiger partial charge >= 0.3 is 0 Å². The summed E-state index contributed by atoms with van der Waals surface area (Å²) in [6.45, 7) is 5.08. The molecule has 10 nitrogen and oxygen atoms in total. The highest BCUT2D eigenvalue weighted by Gasteiger charge is 2.35. The summed E-state index contributed by atoms with van der Waals surface area (Å²) < 4.78 is 35.5. The molecule has 3 aliphatic rings. The molecule has 0 spiro atoms. The average molecular weight is 604 g/mol. The first kappa shape index (κ1) is 29.1. The van der Waals surface area contributed by atoms with Crippen molar-refractivity contribution in [1.29, 1.82) is 0 Å². The van der Waals surface area contributed by atoms with Crippen LogP contribution >= 0.6 is 0 Å². The number of ether oxygens (including phenoxy) is 1. The van der Waals surface area contributed by atoms with Crippen LogP contribution in [0.4, 0.5) is 5.95 Å². The van der Waals surface area contributed by atoms with Gasteiger partial charge in [0.15, 0.2) is 0 Å². The summed E-state index contributed by atoms with van der Waals surface area (Å²) in [7, 11) is -4.12. The molecule has 0 radical (unpaired) electrons. The summed E-state index contributed by atoms with van der Waals surface area (Å²) in [5, 5.41) is 0. The fourth-order valence-corrected chi connectivity index (χ4v) is 7.46. The van der Waals surface area contributed by atoms with Crippen molar-refractivity contribution in [1.82, 2.24) is 19.8 Å². The van der Waals surface area contributed by atoms with Gasteiger partial charge < -0.3 is 14.5 Å². The largest absolute Gasteiger partial charge is 0.475 e. The number of carbonyl (C=O) groups excluding carboxylic acids is 2. The van der Waals surface area contributed by atoms with E-state index < -0.39 is 16.1 Å². The number of benzene rings is 2. The summed E-state index contributed by atoms with van der Waals surface area (Å²) in [5.41, 5.74) is 3.57. The molecule has 1 aromatic heterocycles. The molecule has 1 saturated carbocycles. The molecule has 226 valence electrons. The molecule has 2 amide bonds. The normalized spacial score (nSPS) is 20.5. The van der Waals surface area contributed by atoms with Crippen molar-refractivity contribution in [2.24, 2.45) is 5.92 Å². The topological polar surface area (TPSA) is 122 Å². The van der Waals surface area contributed by atoms with E-state index in [1.807, 2.05) is 36.9 Å². The van der Waals surface area contributed by atoms with Gasteiger partial charge in [0, 0.05) is 43.2 Å². The molecule has 2 fully saturated rings. The minimum atomic E-state index is -4.12. The van der Waals surface area contributed by atoms with Crippen LogP contribution in [-0.2, 0) is 14.8 Å². The number of aryl methyl sites for hydroxylation is 2. The lowest BCUT2D eigenvalue weighted by Gasteiger charge is -2.41. The van der Waals surface area contributed by atoms with E-state index in [9.17, 15) is 18.0 Å². The zero-order valence-corrected chi connectivity index (χ0v) is 25.4. The molecule has 3 heterocycles. The number of carbonyl (C=O) groups is 2. The lowest BCUT2D eigenvalue weighted by molar-refractivity contribution is -0.135. The van der Waals surface area contributed by atoms with Crippen LogP contribution in [0, 0.1) is 19.8 Å². The van der Waals surface area contributed by atoms with E-state index in [0.717, 1.165) is 29.5 Å². The van der Waals surface area contributed by atoms with E-state index in [2.05, 4.69) is 14.7 Å². The smallest absolute Gasteiger partial charge is 0.264 e. The number of piperazine rings is 1. The maximum Gasteiger partial charge on any atom is 0.264 e. The Morgan fingerprint density at radius 1 is 1.00 bits per heavy atom. The molecular weight excluding hydrogens is 566 g/mol. The zero-order valence-electron chi connectivity index (χ0n) is 24.6. The van der Waals surface area contributed by atoms with Crippen LogP contribution in [0.3, 0.4) is 0 Å². The van der Waals surface area contributed by atoms with Gasteiger partial charge in [-0.25, -0.2) is 18.1 Å². The predicted molar refractivity (Wildman–Crippen MR) is 162 cm³/mol. The first-order valence-electron chi connectivity index (χ1n) is 15.0. The SMILES string of the molecule is Cc1cccc(C)c1-c1cc2nc(n1)NS(=O)(=O)c1cccc(c1)C(=O)N1CCN(C(=O)CC3CCCCC3)C[C@@H]1CO2. The highest BCUT2D eigenvalue weighted by molar-refractivity contribution is 7.92. The van der Waals surface area contributed by atoms with Crippen LogP contribution in [0.5, 0.6) is 5.88 Å². The van der Waals surface area contributed by atoms with Crippen molar-refractivity contribution in [2.45, 2.75) is 63.3 Å². The van der Waals surface area contributed by atoms with E-state index in [1.54, 1.807) is 23.1 Å². The summed E-state index contributed by atoms with van der Waals surface area (Å²) in [4.78, 5) is 39.6. The van der Waals surface area contributed by atoms with Gasteiger partial charge in [0.1, 0.15) is 6.61 Å². The van der Waals surface area contributed by atoms with Gasteiger partial charge in [-0.2, -0.15) is 4.98 Å². The third kappa shape index (κ3) is 6.22. The first-order valence-corrected chi connectivity index (χ1v) is 16.5. The average Bonchev–Trinajstić information content (AvgIpc) is 2.99. The van der Waals surface area contributed by atoms with E-state index in [0.29, 0.717) is 37.7 Å². The second kappa shape index (κ2) is 11.9. The number of amides is 2. The molecule has 1 atom stereocenters. The monoisotopic (exact) mass is 603 g/mol. The molecular formula is C32H37N5O5S. The van der Waals surface area contributed by atoms with Crippen LogP contribution in [0.15, 0.2) is 53.4 Å². The summed E-state index contributed by atoms with van der Waals surface area (Å²) in [6.07, 6.45) is 6.28. The van der Waals surface area contributed by atoms with Gasteiger partial charge in [-0.1, -0.05) is 43.5 Å². The lowest BCUT2D eigenvalue weighted by atomic mass is 9.86. The molecule has 2 aliphatic heterocycles. The van der Waals surface area contributed by atoms with Gasteiger partial charge in [0.2, 0.25) is 17.7 Å².